The van der Waals surface area contributed by atoms with Crippen molar-refractivity contribution in [3.8, 4) is 0 Å². The molecule has 21 heavy (non-hydrogen) atoms. The Morgan fingerprint density at radius 3 is 2.62 bits per heavy atom. The summed E-state index contributed by atoms with van der Waals surface area (Å²) < 4.78 is 1.01. The van der Waals surface area contributed by atoms with Crippen molar-refractivity contribution < 1.29 is 4.79 Å². The largest absolute Gasteiger partial charge is 0.361 e. The van der Waals surface area contributed by atoms with Crippen LogP contribution in [0.25, 0.3) is 0 Å². The normalized spacial score (nSPS) is 17.3. The van der Waals surface area contributed by atoms with E-state index in [0.29, 0.717) is 0 Å². The molecule has 0 saturated heterocycles. The first-order valence-electron chi connectivity index (χ1n) is 7.13. The van der Waals surface area contributed by atoms with Crippen molar-refractivity contribution in [2.75, 3.05) is 11.9 Å². The summed E-state index contributed by atoms with van der Waals surface area (Å²) in [6.07, 6.45) is 0.791. The van der Waals surface area contributed by atoms with Crippen molar-refractivity contribution in [1.82, 2.24) is 4.90 Å². The van der Waals surface area contributed by atoms with Crippen LogP contribution in [0.15, 0.2) is 53.0 Å². The molecule has 0 unspecified atom stereocenters. The van der Waals surface area contributed by atoms with E-state index in [-0.39, 0.29) is 12.1 Å². The first-order valence-corrected chi connectivity index (χ1v) is 7.92. The number of carbonyl (C=O) groups excluding carboxylic acids is 1. The van der Waals surface area contributed by atoms with Gasteiger partial charge in [0.05, 0.1) is 5.56 Å². The molecule has 0 aliphatic carbocycles. The third-order valence-corrected chi connectivity index (χ3v) is 4.41. The molecule has 0 radical (unpaired) electrons. The van der Waals surface area contributed by atoms with Gasteiger partial charge in [-0.3, -0.25) is 4.79 Å². The summed E-state index contributed by atoms with van der Waals surface area (Å²) in [5.41, 5.74) is 2.72. The molecule has 2 aromatic rings. The summed E-state index contributed by atoms with van der Waals surface area (Å²) >= 11 is 3.59. The number of benzene rings is 2. The van der Waals surface area contributed by atoms with Crippen LogP contribution in [0.4, 0.5) is 5.69 Å². The predicted molar refractivity (Wildman–Crippen MR) is 88.3 cm³/mol. The fourth-order valence-electron chi connectivity index (χ4n) is 2.71. The van der Waals surface area contributed by atoms with Crippen LogP contribution in [0.5, 0.6) is 0 Å². The number of carbonyl (C=O) groups is 1. The van der Waals surface area contributed by atoms with E-state index in [1.807, 2.05) is 53.4 Å². The Morgan fingerprint density at radius 1 is 1.14 bits per heavy atom. The van der Waals surface area contributed by atoms with E-state index in [2.05, 4.69) is 28.2 Å². The van der Waals surface area contributed by atoms with Gasteiger partial charge in [-0.1, -0.05) is 53.2 Å². The van der Waals surface area contributed by atoms with E-state index in [0.717, 1.165) is 34.3 Å². The Labute approximate surface area is 133 Å². The van der Waals surface area contributed by atoms with Crippen LogP contribution in [-0.4, -0.2) is 17.4 Å². The lowest BCUT2D eigenvalue weighted by Gasteiger charge is -2.38. The van der Waals surface area contributed by atoms with Crippen molar-refractivity contribution >= 4 is 27.5 Å². The molecule has 1 N–H and O–H groups in total. The zero-order valence-corrected chi connectivity index (χ0v) is 13.4. The van der Waals surface area contributed by atoms with E-state index in [9.17, 15) is 4.79 Å². The number of anilines is 1. The SMILES string of the molecule is CCCN1C(=O)c2ccccc2N[C@H]1c1ccccc1Br. The lowest BCUT2D eigenvalue weighted by Crippen LogP contribution is -2.43. The molecule has 3 rings (SSSR count). The van der Waals surface area contributed by atoms with Crippen LogP contribution in [0, 0.1) is 0 Å². The van der Waals surface area contributed by atoms with Gasteiger partial charge in [0.25, 0.3) is 5.91 Å². The smallest absolute Gasteiger partial charge is 0.257 e. The highest BCUT2D eigenvalue weighted by atomic mass is 79.9. The molecular formula is C17H17BrN2O. The summed E-state index contributed by atoms with van der Waals surface area (Å²) in [6.45, 7) is 2.82. The number of halogens is 1. The number of amides is 1. The van der Waals surface area contributed by atoms with Gasteiger partial charge >= 0.3 is 0 Å². The number of rotatable bonds is 3. The molecule has 1 aliphatic heterocycles. The molecule has 1 heterocycles. The number of hydrogen-bond acceptors (Lipinski definition) is 2. The maximum Gasteiger partial charge on any atom is 0.257 e. The zero-order chi connectivity index (χ0) is 14.8. The molecule has 2 aromatic carbocycles. The fourth-order valence-corrected chi connectivity index (χ4v) is 3.21. The van der Waals surface area contributed by atoms with Gasteiger partial charge in [0.2, 0.25) is 0 Å². The Balaban J connectivity index is 2.07. The van der Waals surface area contributed by atoms with Crippen molar-refractivity contribution in [3.05, 3.63) is 64.1 Å². The van der Waals surface area contributed by atoms with Crippen LogP contribution >= 0.6 is 15.9 Å². The van der Waals surface area contributed by atoms with Gasteiger partial charge in [-0.05, 0) is 24.6 Å². The summed E-state index contributed by atoms with van der Waals surface area (Å²) in [5.74, 6) is 0.0898. The van der Waals surface area contributed by atoms with E-state index in [1.54, 1.807) is 0 Å². The Hall–Kier alpha value is -1.81. The van der Waals surface area contributed by atoms with Crippen molar-refractivity contribution in [3.63, 3.8) is 0 Å². The molecule has 4 heteroatoms. The summed E-state index contributed by atoms with van der Waals surface area (Å²) in [5, 5.41) is 3.49. The molecule has 0 saturated carbocycles. The minimum atomic E-state index is -0.136. The van der Waals surface area contributed by atoms with E-state index < -0.39 is 0 Å². The predicted octanol–water partition coefficient (Wildman–Crippen LogP) is 4.43. The fraction of sp³-hybridized carbons (Fsp3) is 0.235. The molecule has 1 amide bonds. The van der Waals surface area contributed by atoms with Crippen LogP contribution in [-0.2, 0) is 0 Å². The summed E-state index contributed by atoms with van der Waals surface area (Å²) in [7, 11) is 0. The third-order valence-electron chi connectivity index (χ3n) is 3.69. The lowest BCUT2D eigenvalue weighted by molar-refractivity contribution is 0.0682. The Bertz CT molecular complexity index is 671. The second-order valence-corrected chi connectivity index (χ2v) is 5.97. The third kappa shape index (κ3) is 2.56. The zero-order valence-electron chi connectivity index (χ0n) is 11.8. The minimum absolute atomic E-state index is 0.0898. The first-order chi connectivity index (χ1) is 10.2. The topological polar surface area (TPSA) is 32.3 Å². The van der Waals surface area contributed by atoms with Gasteiger partial charge < -0.3 is 10.2 Å². The monoisotopic (exact) mass is 344 g/mol. The van der Waals surface area contributed by atoms with Crippen molar-refractivity contribution in [2.24, 2.45) is 0 Å². The number of hydrogen-bond donors (Lipinski definition) is 1. The molecule has 0 aromatic heterocycles. The van der Waals surface area contributed by atoms with Crippen LogP contribution < -0.4 is 5.32 Å². The van der Waals surface area contributed by atoms with E-state index in [4.69, 9.17) is 0 Å². The lowest BCUT2D eigenvalue weighted by atomic mass is 10.0. The highest BCUT2D eigenvalue weighted by molar-refractivity contribution is 9.10. The van der Waals surface area contributed by atoms with Crippen LogP contribution in [0.1, 0.15) is 35.4 Å². The van der Waals surface area contributed by atoms with Gasteiger partial charge in [-0.25, -0.2) is 0 Å². The molecule has 108 valence electrons. The number of nitrogens with one attached hydrogen (secondary N) is 1. The molecule has 0 fully saturated rings. The number of nitrogens with zero attached hydrogens (tertiary/aromatic N) is 1. The maximum atomic E-state index is 12.8. The highest BCUT2D eigenvalue weighted by Crippen LogP contribution is 2.35. The quantitative estimate of drug-likeness (QED) is 0.893. The average molecular weight is 345 g/mol. The van der Waals surface area contributed by atoms with Gasteiger partial charge in [0, 0.05) is 22.3 Å². The summed E-state index contributed by atoms with van der Waals surface area (Å²) in [4.78, 5) is 14.7. The van der Waals surface area contributed by atoms with Crippen molar-refractivity contribution in [2.45, 2.75) is 19.5 Å². The summed E-state index contributed by atoms with van der Waals surface area (Å²) in [6, 6.07) is 15.7. The molecule has 1 aliphatic rings. The van der Waals surface area contributed by atoms with Gasteiger partial charge in [0.15, 0.2) is 0 Å². The average Bonchev–Trinajstić information content (AvgIpc) is 2.51. The molecular weight excluding hydrogens is 328 g/mol. The molecule has 0 spiro atoms. The molecule has 1 atom stereocenters. The van der Waals surface area contributed by atoms with E-state index in [1.165, 1.54) is 0 Å². The number of fused-ring (bicyclic) bond motifs is 1. The van der Waals surface area contributed by atoms with E-state index >= 15 is 0 Å². The Morgan fingerprint density at radius 2 is 1.86 bits per heavy atom. The standard InChI is InChI=1S/C17H17BrN2O/c1-2-11-20-16(12-7-3-5-9-14(12)18)19-15-10-6-4-8-13(15)17(20)21/h3-10,16,19H,2,11H2,1H3/t16-/m1/s1. The van der Waals surface area contributed by atoms with Gasteiger partial charge in [-0.2, -0.15) is 0 Å². The maximum absolute atomic E-state index is 12.8. The minimum Gasteiger partial charge on any atom is -0.361 e. The van der Waals surface area contributed by atoms with Gasteiger partial charge in [0.1, 0.15) is 6.17 Å². The van der Waals surface area contributed by atoms with Crippen LogP contribution in [0.3, 0.4) is 0 Å². The van der Waals surface area contributed by atoms with Crippen LogP contribution in [0.2, 0.25) is 0 Å². The second-order valence-electron chi connectivity index (χ2n) is 5.11. The van der Waals surface area contributed by atoms with Gasteiger partial charge in [-0.15, -0.1) is 0 Å². The Kier molecular flexibility index (Phi) is 3.97. The molecule has 3 nitrogen and oxygen atoms in total. The number of para-hydroxylation sites is 1. The molecule has 0 bridgehead atoms. The highest BCUT2D eigenvalue weighted by Gasteiger charge is 2.32. The van der Waals surface area contributed by atoms with Crippen molar-refractivity contribution in [1.29, 1.82) is 0 Å². The first kappa shape index (κ1) is 14.1. The second kappa shape index (κ2) is 5.90.